The van der Waals surface area contributed by atoms with Gasteiger partial charge in [-0.05, 0) is 28.6 Å². The van der Waals surface area contributed by atoms with Crippen molar-refractivity contribution in [1.29, 1.82) is 0 Å². The van der Waals surface area contributed by atoms with Crippen LogP contribution in [0.1, 0.15) is 32.4 Å². The summed E-state index contributed by atoms with van der Waals surface area (Å²) in [6.07, 6.45) is 0. The second kappa shape index (κ2) is 3.67. The molecule has 3 heterocycles. The lowest BCUT2D eigenvalue weighted by atomic mass is 10.0. The van der Waals surface area contributed by atoms with E-state index in [9.17, 15) is 4.79 Å². The van der Waals surface area contributed by atoms with Gasteiger partial charge in [-0.1, -0.05) is 18.2 Å². The van der Waals surface area contributed by atoms with Crippen LogP contribution in [0.3, 0.4) is 0 Å². The van der Waals surface area contributed by atoms with Gasteiger partial charge in [-0.25, -0.2) is 0 Å². The number of carbonyl (C=O) groups excluding carboxylic acids is 1. The Hall–Kier alpha value is -1.65. The van der Waals surface area contributed by atoms with Gasteiger partial charge >= 0.3 is 0 Å². The molecule has 2 aliphatic rings. The van der Waals surface area contributed by atoms with E-state index < -0.39 is 0 Å². The van der Waals surface area contributed by atoms with Gasteiger partial charge in [-0.15, -0.1) is 11.3 Å². The molecule has 0 radical (unpaired) electrons. The van der Waals surface area contributed by atoms with Crippen molar-refractivity contribution < 1.29 is 9.53 Å². The molecule has 0 fully saturated rings. The highest BCUT2D eigenvalue weighted by Crippen LogP contribution is 2.43. The number of nitrogens with zero attached hydrogens (tertiary/aromatic N) is 1. The quantitative estimate of drug-likeness (QED) is 0.726. The monoisotopic (exact) mass is 257 g/mol. The Morgan fingerprint density at radius 2 is 2.17 bits per heavy atom. The van der Waals surface area contributed by atoms with E-state index in [1.54, 1.807) is 11.3 Å². The first-order chi connectivity index (χ1) is 8.86. The number of thiophene rings is 1. The van der Waals surface area contributed by atoms with E-state index in [0.29, 0.717) is 13.3 Å². The Morgan fingerprint density at radius 3 is 3.11 bits per heavy atom. The van der Waals surface area contributed by atoms with Gasteiger partial charge in [-0.2, -0.15) is 0 Å². The van der Waals surface area contributed by atoms with Crippen molar-refractivity contribution in [2.24, 2.45) is 0 Å². The lowest BCUT2D eigenvalue weighted by molar-refractivity contribution is 0.0195. The third kappa shape index (κ3) is 1.24. The maximum atomic E-state index is 12.4. The minimum Gasteiger partial charge on any atom is -0.356 e. The van der Waals surface area contributed by atoms with E-state index in [-0.39, 0.29) is 11.9 Å². The Labute approximate surface area is 109 Å². The number of rotatable bonds is 0. The molecule has 0 spiro atoms. The fourth-order valence-electron chi connectivity index (χ4n) is 2.75. The van der Waals surface area contributed by atoms with Crippen LogP contribution in [0.4, 0.5) is 0 Å². The van der Waals surface area contributed by atoms with Gasteiger partial charge in [0.2, 0.25) is 0 Å². The molecule has 90 valence electrons. The molecule has 0 saturated heterocycles. The molecule has 3 nitrogen and oxygen atoms in total. The molecule has 18 heavy (non-hydrogen) atoms. The fourth-order valence-corrected chi connectivity index (χ4v) is 3.79. The van der Waals surface area contributed by atoms with E-state index in [0.717, 1.165) is 11.1 Å². The molecule has 1 aromatic carbocycles. The van der Waals surface area contributed by atoms with Gasteiger partial charge in [0.15, 0.2) is 0 Å². The number of amides is 1. The molecule has 0 aliphatic carbocycles. The van der Waals surface area contributed by atoms with Gasteiger partial charge in [0, 0.05) is 10.4 Å². The SMILES string of the molecule is O=C1c2ccccc2[C@H]2c3sccc3COCN12. The highest BCUT2D eigenvalue weighted by Gasteiger charge is 2.40. The maximum Gasteiger partial charge on any atom is 0.256 e. The topological polar surface area (TPSA) is 29.5 Å². The van der Waals surface area contributed by atoms with Crippen LogP contribution < -0.4 is 0 Å². The smallest absolute Gasteiger partial charge is 0.256 e. The van der Waals surface area contributed by atoms with Crippen molar-refractivity contribution in [1.82, 2.24) is 4.90 Å². The van der Waals surface area contributed by atoms with Crippen LogP contribution in [-0.4, -0.2) is 17.5 Å². The summed E-state index contributed by atoms with van der Waals surface area (Å²) >= 11 is 1.71. The van der Waals surface area contributed by atoms with Gasteiger partial charge in [0.1, 0.15) is 6.73 Å². The van der Waals surface area contributed by atoms with Crippen molar-refractivity contribution in [3.05, 3.63) is 57.3 Å². The third-order valence-electron chi connectivity index (χ3n) is 3.58. The number of carbonyl (C=O) groups is 1. The Kier molecular flexibility index (Phi) is 2.10. The minimum absolute atomic E-state index is 0.0474. The lowest BCUT2D eigenvalue weighted by Crippen LogP contribution is -2.29. The van der Waals surface area contributed by atoms with Crippen LogP contribution in [0.15, 0.2) is 35.7 Å². The number of ether oxygens (including phenoxy) is 1. The molecule has 0 bridgehead atoms. The molecule has 0 N–H and O–H groups in total. The molecule has 0 saturated carbocycles. The number of fused-ring (bicyclic) bond motifs is 5. The highest BCUT2D eigenvalue weighted by atomic mass is 32.1. The number of hydrogen-bond acceptors (Lipinski definition) is 3. The van der Waals surface area contributed by atoms with Gasteiger partial charge in [-0.3, -0.25) is 4.79 Å². The summed E-state index contributed by atoms with van der Waals surface area (Å²) in [7, 11) is 0. The lowest BCUT2D eigenvalue weighted by Gasteiger charge is -2.21. The predicted octanol–water partition coefficient (Wildman–Crippen LogP) is 2.78. The summed E-state index contributed by atoms with van der Waals surface area (Å²) in [5.74, 6) is 0.0804. The molecular weight excluding hydrogens is 246 g/mol. The Bertz CT molecular complexity index is 634. The Morgan fingerprint density at radius 1 is 1.28 bits per heavy atom. The van der Waals surface area contributed by atoms with Crippen molar-refractivity contribution >= 4 is 17.2 Å². The average molecular weight is 257 g/mol. The van der Waals surface area contributed by atoms with E-state index in [1.807, 2.05) is 29.2 Å². The van der Waals surface area contributed by atoms with Crippen LogP contribution in [0, 0.1) is 0 Å². The van der Waals surface area contributed by atoms with E-state index in [2.05, 4.69) is 11.4 Å². The normalized spacial score (nSPS) is 21.2. The zero-order chi connectivity index (χ0) is 12.1. The van der Waals surface area contributed by atoms with Crippen LogP contribution in [0.2, 0.25) is 0 Å². The van der Waals surface area contributed by atoms with Crippen LogP contribution >= 0.6 is 11.3 Å². The molecule has 4 rings (SSSR count). The van der Waals surface area contributed by atoms with E-state index >= 15 is 0 Å². The summed E-state index contributed by atoms with van der Waals surface area (Å²) in [5, 5.41) is 2.07. The van der Waals surface area contributed by atoms with E-state index in [4.69, 9.17) is 4.74 Å². The summed E-state index contributed by atoms with van der Waals surface area (Å²) in [6.45, 7) is 0.973. The van der Waals surface area contributed by atoms with E-state index in [1.165, 1.54) is 10.4 Å². The average Bonchev–Trinajstić information content (AvgIpc) is 2.90. The molecule has 1 atom stereocenters. The zero-order valence-electron chi connectivity index (χ0n) is 9.63. The van der Waals surface area contributed by atoms with Gasteiger partial charge in [0.05, 0.1) is 12.6 Å². The maximum absolute atomic E-state index is 12.4. The van der Waals surface area contributed by atoms with Gasteiger partial charge < -0.3 is 9.64 Å². The standard InChI is InChI=1S/C14H11NO2S/c16-14-11-4-2-1-3-10(11)12-13-9(5-6-18-13)7-17-8-15(12)14/h1-6,12H,7-8H2/t12-/m0/s1. The molecule has 0 unspecified atom stereocenters. The van der Waals surface area contributed by atoms with Crippen LogP contribution in [0.5, 0.6) is 0 Å². The molecule has 2 aromatic rings. The number of hydrogen-bond donors (Lipinski definition) is 0. The zero-order valence-corrected chi connectivity index (χ0v) is 10.4. The number of benzene rings is 1. The predicted molar refractivity (Wildman–Crippen MR) is 68.4 cm³/mol. The van der Waals surface area contributed by atoms with Gasteiger partial charge in [0.25, 0.3) is 5.91 Å². The molecular formula is C14H11NO2S. The first kappa shape index (κ1) is 10.3. The second-order valence-corrected chi connectivity index (χ2v) is 5.50. The molecule has 4 heteroatoms. The summed E-state index contributed by atoms with van der Waals surface area (Å²) in [4.78, 5) is 15.4. The van der Waals surface area contributed by atoms with Crippen molar-refractivity contribution in [2.45, 2.75) is 12.6 Å². The first-order valence-electron chi connectivity index (χ1n) is 5.90. The van der Waals surface area contributed by atoms with Crippen molar-refractivity contribution in [2.75, 3.05) is 6.73 Å². The minimum atomic E-state index is 0.0474. The fraction of sp³-hybridized carbons (Fsp3) is 0.214. The third-order valence-corrected chi connectivity index (χ3v) is 4.59. The first-order valence-corrected chi connectivity index (χ1v) is 6.78. The Balaban J connectivity index is 1.96. The van der Waals surface area contributed by atoms with Crippen LogP contribution in [0.25, 0.3) is 0 Å². The van der Waals surface area contributed by atoms with Crippen LogP contribution in [-0.2, 0) is 11.3 Å². The second-order valence-electron chi connectivity index (χ2n) is 4.55. The molecule has 2 aliphatic heterocycles. The largest absolute Gasteiger partial charge is 0.356 e. The summed E-state index contributed by atoms with van der Waals surface area (Å²) in [6, 6.07) is 10.0. The highest BCUT2D eigenvalue weighted by molar-refractivity contribution is 7.10. The summed E-state index contributed by atoms with van der Waals surface area (Å²) in [5.41, 5.74) is 3.13. The molecule has 1 aromatic heterocycles. The molecule has 1 amide bonds. The summed E-state index contributed by atoms with van der Waals surface area (Å²) < 4.78 is 5.61. The van der Waals surface area contributed by atoms with Crippen molar-refractivity contribution in [3.8, 4) is 0 Å². The van der Waals surface area contributed by atoms with Crippen molar-refractivity contribution in [3.63, 3.8) is 0 Å².